The van der Waals surface area contributed by atoms with Gasteiger partial charge in [0.15, 0.2) is 5.84 Å². The van der Waals surface area contributed by atoms with Crippen molar-refractivity contribution in [3.63, 3.8) is 0 Å². The van der Waals surface area contributed by atoms with E-state index in [4.69, 9.17) is 14.7 Å². The molecule has 0 saturated heterocycles. The minimum absolute atomic E-state index is 0.0585. The van der Waals surface area contributed by atoms with Crippen molar-refractivity contribution in [2.75, 3.05) is 13.7 Å². The van der Waals surface area contributed by atoms with Crippen molar-refractivity contribution in [1.29, 1.82) is 0 Å². The quantitative estimate of drug-likeness (QED) is 0.294. The summed E-state index contributed by atoms with van der Waals surface area (Å²) in [4.78, 5) is 15.4. The standard InChI is InChI=1S/C14H18N2O4/c1-4-20-13(17)9-10(2)15-14(16-18)11-5-7-12(19-3)8-6-11/h5-8,18H,4,9H2,1-3H3/b15-10?,16-14-. The molecule has 1 aromatic carbocycles. The third-order valence-electron chi connectivity index (χ3n) is 2.45. The number of carbonyl (C=O) groups is 1. The summed E-state index contributed by atoms with van der Waals surface area (Å²) in [6.07, 6.45) is 0.0585. The molecule has 1 N–H and O–H groups in total. The first-order valence-electron chi connectivity index (χ1n) is 6.17. The van der Waals surface area contributed by atoms with Crippen molar-refractivity contribution in [2.45, 2.75) is 20.3 Å². The third kappa shape index (κ3) is 4.72. The highest BCUT2D eigenvalue weighted by Gasteiger charge is 2.08. The summed E-state index contributed by atoms with van der Waals surface area (Å²) in [6, 6.07) is 6.90. The lowest BCUT2D eigenvalue weighted by molar-refractivity contribution is -0.141. The summed E-state index contributed by atoms with van der Waals surface area (Å²) in [6.45, 7) is 3.74. The molecule has 6 nitrogen and oxygen atoms in total. The van der Waals surface area contributed by atoms with E-state index in [0.29, 0.717) is 23.6 Å². The van der Waals surface area contributed by atoms with Gasteiger partial charge in [-0.2, -0.15) is 0 Å². The molecule has 0 aliphatic heterocycles. The second-order valence-corrected chi connectivity index (χ2v) is 3.98. The van der Waals surface area contributed by atoms with Crippen LogP contribution in [0.4, 0.5) is 0 Å². The number of nitrogens with zero attached hydrogens (tertiary/aromatic N) is 2. The minimum atomic E-state index is -0.360. The highest BCUT2D eigenvalue weighted by atomic mass is 16.5. The van der Waals surface area contributed by atoms with Crippen molar-refractivity contribution in [2.24, 2.45) is 10.1 Å². The lowest BCUT2D eigenvalue weighted by Gasteiger charge is -2.04. The van der Waals surface area contributed by atoms with Crippen LogP contribution in [0.15, 0.2) is 34.4 Å². The van der Waals surface area contributed by atoms with E-state index in [2.05, 4.69) is 10.1 Å². The first-order valence-corrected chi connectivity index (χ1v) is 6.17. The molecule has 0 aliphatic carbocycles. The van der Waals surface area contributed by atoms with E-state index in [1.807, 2.05) is 0 Å². The Labute approximate surface area is 117 Å². The van der Waals surface area contributed by atoms with Crippen LogP contribution in [0.2, 0.25) is 0 Å². The molecular weight excluding hydrogens is 260 g/mol. The van der Waals surface area contributed by atoms with Gasteiger partial charge in [0.05, 0.1) is 20.1 Å². The van der Waals surface area contributed by atoms with Crippen LogP contribution in [0.1, 0.15) is 25.8 Å². The van der Waals surface area contributed by atoms with Gasteiger partial charge in [0.1, 0.15) is 5.75 Å². The smallest absolute Gasteiger partial charge is 0.311 e. The van der Waals surface area contributed by atoms with E-state index < -0.39 is 0 Å². The highest BCUT2D eigenvalue weighted by molar-refractivity contribution is 6.09. The van der Waals surface area contributed by atoms with Gasteiger partial charge in [-0.05, 0) is 38.1 Å². The topological polar surface area (TPSA) is 80.5 Å². The Morgan fingerprint density at radius 1 is 1.30 bits per heavy atom. The SMILES string of the molecule is CCOC(=O)CC(C)=N/C(=N\O)c1ccc(OC)cc1. The lowest BCUT2D eigenvalue weighted by Crippen LogP contribution is -2.11. The van der Waals surface area contributed by atoms with Crippen LogP contribution in [0, 0.1) is 0 Å². The molecule has 0 saturated carbocycles. The number of aliphatic imine (C=N–C) groups is 1. The zero-order chi connectivity index (χ0) is 15.0. The maximum Gasteiger partial charge on any atom is 0.311 e. The first kappa shape index (κ1) is 15.7. The molecule has 0 unspecified atom stereocenters. The van der Waals surface area contributed by atoms with Crippen molar-refractivity contribution in [1.82, 2.24) is 0 Å². The van der Waals surface area contributed by atoms with Crippen LogP contribution >= 0.6 is 0 Å². The molecule has 6 heteroatoms. The molecule has 0 aromatic heterocycles. The van der Waals surface area contributed by atoms with E-state index in [-0.39, 0.29) is 18.2 Å². The fourth-order valence-electron chi connectivity index (χ4n) is 1.53. The number of hydrogen-bond acceptors (Lipinski definition) is 5. The zero-order valence-corrected chi connectivity index (χ0v) is 11.8. The number of benzene rings is 1. The Bertz CT molecular complexity index is 506. The average molecular weight is 278 g/mol. The number of carbonyl (C=O) groups excluding carboxylic acids is 1. The Hall–Kier alpha value is -2.37. The second kappa shape index (κ2) is 7.93. The monoisotopic (exact) mass is 278 g/mol. The maximum atomic E-state index is 11.3. The first-order chi connectivity index (χ1) is 9.60. The van der Waals surface area contributed by atoms with E-state index in [0.717, 1.165) is 0 Å². The fourth-order valence-corrected chi connectivity index (χ4v) is 1.53. The van der Waals surface area contributed by atoms with Gasteiger partial charge in [0, 0.05) is 11.3 Å². The molecule has 0 aliphatic rings. The van der Waals surface area contributed by atoms with Gasteiger partial charge < -0.3 is 14.7 Å². The predicted molar refractivity (Wildman–Crippen MR) is 75.7 cm³/mol. The van der Waals surface area contributed by atoms with E-state index >= 15 is 0 Å². The molecule has 0 bridgehead atoms. The number of hydrogen-bond donors (Lipinski definition) is 1. The number of oxime groups is 1. The molecule has 1 rings (SSSR count). The van der Waals surface area contributed by atoms with Gasteiger partial charge in [-0.15, -0.1) is 0 Å². The van der Waals surface area contributed by atoms with Crippen LogP contribution in [0.3, 0.4) is 0 Å². The largest absolute Gasteiger partial charge is 0.497 e. The van der Waals surface area contributed by atoms with Crippen LogP contribution in [-0.4, -0.2) is 36.4 Å². The Morgan fingerprint density at radius 3 is 2.45 bits per heavy atom. The van der Waals surface area contributed by atoms with Crippen molar-refractivity contribution < 1.29 is 19.5 Å². The minimum Gasteiger partial charge on any atom is -0.497 e. The van der Waals surface area contributed by atoms with Crippen LogP contribution in [-0.2, 0) is 9.53 Å². The molecule has 0 heterocycles. The lowest BCUT2D eigenvalue weighted by atomic mass is 10.2. The highest BCUT2D eigenvalue weighted by Crippen LogP contribution is 2.12. The van der Waals surface area contributed by atoms with Crippen molar-refractivity contribution in [3.8, 4) is 5.75 Å². The van der Waals surface area contributed by atoms with Gasteiger partial charge in [-0.1, -0.05) is 5.16 Å². The summed E-state index contributed by atoms with van der Waals surface area (Å²) >= 11 is 0. The van der Waals surface area contributed by atoms with E-state index in [1.165, 1.54) is 0 Å². The fraction of sp³-hybridized carbons (Fsp3) is 0.357. The molecule has 0 amide bonds. The molecule has 20 heavy (non-hydrogen) atoms. The van der Waals surface area contributed by atoms with E-state index in [1.54, 1.807) is 45.2 Å². The van der Waals surface area contributed by atoms with Gasteiger partial charge in [-0.25, -0.2) is 4.99 Å². The summed E-state index contributed by atoms with van der Waals surface area (Å²) in [5, 5.41) is 12.2. The molecule has 0 atom stereocenters. The average Bonchev–Trinajstić information content (AvgIpc) is 2.45. The molecule has 1 aromatic rings. The van der Waals surface area contributed by atoms with Gasteiger partial charge in [0.25, 0.3) is 0 Å². The summed E-state index contributed by atoms with van der Waals surface area (Å²) in [5.74, 6) is 0.466. The van der Waals surface area contributed by atoms with Crippen molar-refractivity contribution >= 4 is 17.5 Å². The van der Waals surface area contributed by atoms with Gasteiger partial charge in [-0.3, -0.25) is 4.79 Å². The Morgan fingerprint density at radius 2 is 1.95 bits per heavy atom. The molecule has 108 valence electrons. The third-order valence-corrected chi connectivity index (χ3v) is 2.45. The zero-order valence-electron chi connectivity index (χ0n) is 11.8. The number of rotatable bonds is 5. The number of ether oxygens (including phenoxy) is 2. The summed E-state index contributed by atoms with van der Waals surface area (Å²) in [5.41, 5.74) is 1.13. The number of amidine groups is 1. The Kier molecular flexibility index (Phi) is 6.22. The predicted octanol–water partition coefficient (Wildman–Crippen LogP) is 2.25. The number of methoxy groups -OCH3 is 1. The Balaban J connectivity index is 2.82. The molecule has 0 fully saturated rings. The maximum absolute atomic E-state index is 11.3. The summed E-state index contributed by atoms with van der Waals surface area (Å²) < 4.78 is 9.87. The molecule has 0 radical (unpaired) electrons. The van der Waals surface area contributed by atoms with Crippen LogP contribution in [0.5, 0.6) is 5.75 Å². The molecule has 0 spiro atoms. The van der Waals surface area contributed by atoms with Crippen LogP contribution in [0.25, 0.3) is 0 Å². The molecular formula is C14H18N2O4. The normalized spacial score (nSPS) is 12.2. The number of esters is 1. The second-order valence-electron chi connectivity index (χ2n) is 3.98. The summed E-state index contributed by atoms with van der Waals surface area (Å²) in [7, 11) is 1.57. The van der Waals surface area contributed by atoms with E-state index in [9.17, 15) is 4.79 Å². The van der Waals surface area contributed by atoms with Gasteiger partial charge in [0.2, 0.25) is 0 Å². The van der Waals surface area contributed by atoms with Gasteiger partial charge >= 0.3 is 5.97 Å². The van der Waals surface area contributed by atoms with Crippen molar-refractivity contribution in [3.05, 3.63) is 29.8 Å². The van der Waals surface area contributed by atoms with Crippen LogP contribution < -0.4 is 4.74 Å².